The van der Waals surface area contributed by atoms with Gasteiger partial charge in [-0.1, -0.05) is 19.3 Å². The van der Waals surface area contributed by atoms with E-state index < -0.39 is 18.1 Å². The van der Waals surface area contributed by atoms with Gasteiger partial charge in [-0.3, -0.25) is 9.59 Å². The Balaban J connectivity index is 2.43. The second kappa shape index (κ2) is 4.95. The Kier molecular flexibility index (Phi) is 3.88. The molecular formula is C9H16N2O3. The molecule has 0 aliphatic heterocycles. The minimum Gasteiger partial charge on any atom is -0.381 e. The average Bonchev–Trinajstić information content (AvgIpc) is 2.07. The fourth-order valence-corrected chi connectivity index (χ4v) is 1.66. The van der Waals surface area contributed by atoms with E-state index in [0.29, 0.717) is 18.7 Å². The average molecular weight is 200 g/mol. The van der Waals surface area contributed by atoms with Gasteiger partial charge in [0.25, 0.3) is 0 Å². The second-order valence-electron chi connectivity index (χ2n) is 3.77. The van der Waals surface area contributed by atoms with Crippen LogP contribution in [0.2, 0.25) is 0 Å². The van der Waals surface area contributed by atoms with Crippen LogP contribution < -0.4 is 11.1 Å². The first-order chi connectivity index (χ1) is 6.65. The summed E-state index contributed by atoms with van der Waals surface area (Å²) in [5.74, 6) is -0.287. The highest BCUT2D eigenvalue weighted by Gasteiger charge is 2.29. The lowest BCUT2D eigenvalue weighted by Crippen LogP contribution is -2.48. The third kappa shape index (κ3) is 2.70. The van der Waals surface area contributed by atoms with Crippen LogP contribution >= 0.6 is 0 Å². The normalized spacial score (nSPS) is 20.6. The monoisotopic (exact) mass is 200 g/mol. The van der Waals surface area contributed by atoms with Crippen molar-refractivity contribution in [1.82, 2.24) is 5.32 Å². The van der Waals surface area contributed by atoms with E-state index in [9.17, 15) is 14.7 Å². The van der Waals surface area contributed by atoms with Crippen LogP contribution in [-0.4, -0.2) is 29.6 Å². The lowest BCUT2D eigenvalue weighted by atomic mass is 9.80. The fourth-order valence-electron chi connectivity index (χ4n) is 1.66. The van der Waals surface area contributed by atoms with Crippen LogP contribution in [0.3, 0.4) is 0 Å². The number of nitrogens with one attached hydrogen (secondary N) is 1. The Morgan fingerprint density at radius 3 is 2.64 bits per heavy atom. The third-order valence-corrected chi connectivity index (χ3v) is 2.77. The number of nitrogens with two attached hydrogens (primary N) is 1. The van der Waals surface area contributed by atoms with Crippen molar-refractivity contribution >= 4 is 12.3 Å². The van der Waals surface area contributed by atoms with Gasteiger partial charge in [0.05, 0.1) is 6.04 Å². The lowest BCUT2D eigenvalue weighted by Gasteiger charge is -2.30. The van der Waals surface area contributed by atoms with E-state index in [1.165, 1.54) is 6.42 Å². The molecule has 0 spiro atoms. The maximum Gasteiger partial charge on any atom is 0.248 e. The van der Waals surface area contributed by atoms with Crippen molar-refractivity contribution in [3.05, 3.63) is 0 Å². The minimum absolute atomic E-state index is 0.496. The Hall–Kier alpha value is -1.10. The maximum absolute atomic E-state index is 10.7. The van der Waals surface area contributed by atoms with E-state index >= 15 is 0 Å². The summed E-state index contributed by atoms with van der Waals surface area (Å²) >= 11 is 0. The molecule has 0 aromatic heterocycles. The SMILES string of the molecule is NC(=O)C(O)C(CC1CCC1)NC=O. The second-order valence-corrected chi connectivity index (χ2v) is 3.77. The van der Waals surface area contributed by atoms with Crippen LogP contribution in [0.4, 0.5) is 0 Å². The number of amides is 2. The zero-order chi connectivity index (χ0) is 10.6. The summed E-state index contributed by atoms with van der Waals surface area (Å²) < 4.78 is 0. The van der Waals surface area contributed by atoms with Crippen molar-refractivity contribution in [1.29, 1.82) is 0 Å². The molecule has 5 heteroatoms. The van der Waals surface area contributed by atoms with E-state index in [1.807, 2.05) is 0 Å². The van der Waals surface area contributed by atoms with Gasteiger partial charge in [-0.15, -0.1) is 0 Å². The number of hydrogen-bond donors (Lipinski definition) is 3. The topological polar surface area (TPSA) is 92.4 Å². The molecule has 1 aliphatic carbocycles. The van der Waals surface area contributed by atoms with Gasteiger partial charge in [-0.2, -0.15) is 0 Å². The number of primary amides is 1. The molecule has 2 atom stereocenters. The standard InChI is InChI=1S/C9H16N2O3/c10-9(14)8(13)7(11-5-12)4-6-2-1-3-6/h5-8,13H,1-4H2,(H2,10,14)(H,11,12). The predicted octanol–water partition coefficient (Wildman–Crippen LogP) is -0.863. The molecule has 0 radical (unpaired) electrons. The summed E-state index contributed by atoms with van der Waals surface area (Å²) in [5, 5.41) is 11.8. The number of hydrogen-bond acceptors (Lipinski definition) is 3. The van der Waals surface area contributed by atoms with Crippen molar-refractivity contribution in [3.8, 4) is 0 Å². The number of rotatable bonds is 6. The highest BCUT2D eigenvalue weighted by Crippen LogP contribution is 2.30. The van der Waals surface area contributed by atoms with Crippen LogP contribution in [0.5, 0.6) is 0 Å². The summed E-state index contributed by atoms with van der Waals surface area (Å²) in [5.41, 5.74) is 4.96. The first-order valence-corrected chi connectivity index (χ1v) is 4.82. The molecule has 1 aliphatic rings. The van der Waals surface area contributed by atoms with Crippen LogP contribution in [0.1, 0.15) is 25.7 Å². The van der Waals surface area contributed by atoms with Gasteiger partial charge < -0.3 is 16.2 Å². The van der Waals surface area contributed by atoms with Crippen LogP contribution in [-0.2, 0) is 9.59 Å². The zero-order valence-electron chi connectivity index (χ0n) is 7.98. The van der Waals surface area contributed by atoms with Gasteiger partial charge in [-0.25, -0.2) is 0 Å². The molecule has 0 aromatic carbocycles. The molecule has 5 nitrogen and oxygen atoms in total. The van der Waals surface area contributed by atoms with Crippen LogP contribution in [0.25, 0.3) is 0 Å². The minimum atomic E-state index is -1.28. The summed E-state index contributed by atoms with van der Waals surface area (Å²) in [6, 6.07) is -0.532. The molecular weight excluding hydrogens is 184 g/mol. The molecule has 2 unspecified atom stereocenters. The fraction of sp³-hybridized carbons (Fsp3) is 0.778. The Morgan fingerprint density at radius 1 is 1.64 bits per heavy atom. The molecule has 80 valence electrons. The number of aliphatic hydroxyl groups is 1. The van der Waals surface area contributed by atoms with Gasteiger partial charge in [0, 0.05) is 0 Å². The largest absolute Gasteiger partial charge is 0.381 e. The van der Waals surface area contributed by atoms with Crippen molar-refractivity contribution in [2.24, 2.45) is 11.7 Å². The van der Waals surface area contributed by atoms with E-state index in [1.54, 1.807) is 0 Å². The van der Waals surface area contributed by atoms with E-state index in [0.717, 1.165) is 12.8 Å². The van der Waals surface area contributed by atoms with Crippen molar-refractivity contribution in [2.75, 3.05) is 0 Å². The molecule has 0 saturated heterocycles. The zero-order valence-corrected chi connectivity index (χ0v) is 7.98. The van der Waals surface area contributed by atoms with E-state index in [2.05, 4.69) is 5.32 Å². The highest BCUT2D eigenvalue weighted by atomic mass is 16.3. The van der Waals surface area contributed by atoms with E-state index in [4.69, 9.17) is 5.73 Å². The van der Waals surface area contributed by atoms with Gasteiger partial charge >= 0.3 is 0 Å². The molecule has 0 bridgehead atoms. The smallest absolute Gasteiger partial charge is 0.248 e. The number of carbonyl (C=O) groups excluding carboxylic acids is 2. The first-order valence-electron chi connectivity index (χ1n) is 4.82. The van der Waals surface area contributed by atoms with Crippen molar-refractivity contribution < 1.29 is 14.7 Å². The summed E-state index contributed by atoms with van der Waals surface area (Å²) in [6.07, 6.45) is 3.23. The number of carbonyl (C=O) groups is 2. The van der Waals surface area contributed by atoms with Crippen LogP contribution in [0, 0.1) is 5.92 Å². The lowest BCUT2D eigenvalue weighted by molar-refractivity contribution is -0.128. The Labute approximate surface area is 82.7 Å². The van der Waals surface area contributed by atoms with Gasteiger partial charge in [0.15, 0.2) is 6.10 Å². The molecule has 1 saturated carbocycles. The van der Waals surface area contributed by atoms with Gasteiger partial charge in [-0.05, 0) is 12.3 Å². The number of aliphatic hydroxyl groups excluding tert-OH is 1. The molecule has 2 amide bonds. The molecule has 14 heavy (non-hydrogen) atoms. The van der Waals surface area contributed by atoms with Crippen molar-refractivity contribution in [3.63, 3.8) is 0 Å². The summed E-state index contributed by atoms with van der Waals surface area (Å²) in [6.45, 7) is 0. The highest BCUT2D eigenvalue weighted by molar-refractivity contribution is 5.79. The molecule has 0 aromatic rings. The molecule has 0 heterocycles. The quantitative estimate of drug-likeness (QED) is 0.487. The summed E-state index contributed by atoms with van der Waals surface area (Å²) in [7, 11) is 0. The Morgan fingerprint density at radius 2 is 2.29 bits per heavy atom. The maximum atomic E-state index is 10.7. The predicted molar refractivity (Wildman–Crippen MR) is 50.1 cm³/mol. The first kappa shape index (κ1) is 11.0. The van der Waals surface area contributed by atoms with Crippen LogP contribution in [0.15, 0.2) is 0 Å². The van der Waals surface area contributed by atoms with E-state index in [-0.39, 0.29) is 0 Å². The molecule has 4 N–H and O–H groups in total. The van der Waals surface area contributed by atoms with Crippen molar-refractivity contribution in [2.45, 2.75) is 37.8 Å². The Bertz CT molecular complexity index is 216. The summed E-state index contributed by atoms with van der Waals surface area (Å²) in [4.78, 5) is 21.0. The van der Waals surface area contributed by atoms with Gasteiger partial charge in [0.1, 0.15) is 0 Å². The van der Waals surface area contributed by atoms with Gasteiger partial charge in [0.2, 0.25) is 12.3 Å². The molecule has 1 fully saturated rings. The third-order valence-electron chi connectivity index (χ3n) is 2.77. The molecule has 1 rings (SSSR count).